The molecule has 0 radical (unpaired) electrons. The summed E-state index contributed by atoms with van der Waals surface area (Å²) in [6.07, 6.45) is 2.74. The van der Waals surface area contributed by atoms with Crippen LogP contribution in [0, 0.1) is 11.3 Å². The lowest BCUT2D eigenvalue weighted by Crippen LogP contribution is -2.29. The van der Waals surface area contributed by atoms with E-state index in [2.05, 4.69) is 10.3 Å². The second kappa shape index (κ2) is 5.19. The average molecular weight is 265 g/mol. The van der Waals surface area contributed by atoms with E-state index in [1.807, 2.05) is 0 Å². The molecule has 1 heterocycles. The lowest BCUT2D eigenvalue weighted by molar-refractivity contribution is 0.568. The number of nitriles is 1. The van der Waals surface area contributed by atoms with Gasteiger partial charge in [0.25, 0.3) is 0 Å². The van der Waals surface area contributed by atoms with Crippen LogP contribution in [-0.2, 0) is 9.84 Å². The summed E-state index contributed by atoms with van der Waals surface area (Å²) in [5.74, 6) is 0.481. The molecule has 96 valence electrons. The number of aromatic nitrogens is 1. The molecule has 0 bridgehead atoms. The second-order valence-electron chi connectivity index (χ2n) is 4.60. The molecule has 0 saturated heterocycles. The van der Waals surface area contributed by atoms with Crippen LogP contribution in [0.1, 0.15) is 20.8 Å². The van der Waals surface area contributed by atoms with Gasteiger partial charge in [0.15, 0.2) is 14.7 Å². The first-order valence-corrected chi connectivity index (χ1v) is 6.80. The predicted molar refractivity (Wildman–Crippen MR) is 70.2 cm³/mol. The number of sulfone groups is 1. The smallest absolute Gasteiger partial charge is 0.194 e. The Morgan fingerprint density at radius 3 is 2.56 bits per heavy atom. The Morgan fingerprint density at radius 1 is 1.44 bits per heavy atom. The molecule has 0 aliphatic rings. The van der Waals surface area contributed by atoms with E-state index >= 15 is 0 Å². The number of allylic oxidation sites excluding steroid dienone is 1. The van der Waals surface area contributed by atoms with Crippen LogP contribution in [0.3, 0.4) is 0 Å². The highest BCUT2D eigenvalue weighted by atomic mass is 32.2. The summed E-state index contributed by atoms with van der Waals surface area (Å²) in [5.41, 5.74) is 0. The van der Waals surface area contributed by atoms with E-state index in [1.165, 1.54) is 6.20 Å². The van der Waals surface area contributed by atoms with E-state index < -0.39 is 14.6 Å². The maximum atomic E-state index is 12.1. The molecule has 6 heteroatoms. The van der Waals surface area contributed by atoms with Crippen molar-refractivity contribution in [3.05, 3.63) is 35.5 Å². The van der Waals surface area contributed by atoms with Crippen LogP contribution in [0.4, 0.5) is 5.82 Å². The van der Waals surface area contributed by atoms with Gasteiger partial charge in [-0.15, -0.1) is 0 Å². The van der Waals surface area contributed by atoms with Crippen LogP contribution in [0.2, 0.25) is 0 Å². The third kappa shape index (κ3) is 3.08. The van der Waals surface area contributed by atoms with Gasteiger partial charge >= 0.3 is 0 Å². The summed E-state index contributed by atoms with van der Waals surface area (Å²) < 4.78 is 23.1. The first kappa shape index (κ1) is 14.2. The minimum Gasteiger partial charge on any atom is -0.345 e. The molecule has 1 aromatic heterocycles. The van der Waals surface area contributed by atoms with E-state index in [0.29, 0.717) is 5.82 Å². The van der Waals surface area contributed by atoms with Crippen LogP contribution in [-0.4, -0.2) is 18.1 Å². The average Bonchev–Trinajstić information content (AvgIpc) is 2.29. The molecule has 18 heavy (non-hydrogen) atoms. The van der Waals surface area contributed by atoms with E-state index in [0.717, 1.165) is 0 Å². The molecule has 0 atom stereocenters. The zero-order valence-corrected chi connectivity index (χ0v) is 11.3. The topological polar surface area (TPSA) is 82.8 Å². The zero-order chi connectivity index (χ0) is 13.8. The lowest BCUT2D eigenvalue weighted by Gasteiger charge is -2.18. The Hall–Kier alpha value is -1.87. The Morgan fingerprint density at radius 2 is 2.11 bits per heavy atom. The second-order valence-corrected chi connectivity index (χ2v) is 7.27. The van der Waals surface area contributed by atoms with Crippen LogP contribution >= 0.6 is 0 Å². The molecule has 1 N–H and O–H groups in total. The van der Waals surface area contributed by atoms with Crippen LogP contribution in [0.5, 0.6) is 0 Å². The molecular formula is C12H15N3O2S. The predicted octanol–water partition coefficient (Wildman–Crippen LogP) is 2.07. The number of rotatable bonds is 3. The van der Waals surface area contributed by atoms with Gasteiger partial charge in [0.1, 0.15) is 11.9 Å². The number of anilines is 1. The Balaban J connectivity index is 3.04. The van der Waals surface area contributed by atoms with Gasteiger partial charge in [0.2, 0.25) is 0 Å². The number of hydrogen-bond acceptors (Lipinski definition) is 5. The molecule has 1 rings (SSSR count). The third-order valence-corrected chi connectivity index (χ3v) is 4.62. The molecule has 0 amide bonds. The summed E-state index contributed by atoms with van der Waals surface area (Å²) in [6, 6.07) is 6.88. The summed E-state index contributed by atoms with van der Waals surface area (Å²) in [4.78, 5) is 3.66. The van der Waals surface area contributed by atoms with E-state index in [-0.39, 0.29) is 4.91 Å². The Kier molecular flexibility index (Phi) is 4.09. The van der Waals surface area contributed by atoms with E-state index in [4.69, 9.17) is 5.26 Å². The van der Waals surface area contributed by atoms with Crippen molar-refractivity contribution in [1.82, 2.24) is 4.98 Å². The number of hydrogen-bond donors (Lipinski definition) is 1. The largest absolute Gasteiger partial charge is 0.345 e. The molecule has 1 aromatic rings. The molecule has 0 fully saturated rings. The molecule has 0 aliphatic heterocycles. The van der Waals surface area contributed by atoms with E-state index in [1.54, 1.807) is 51.2 Å². The molecule has 0 spiro atoms. The molecule has 5 nitrogen and oxygen atoms in total. The van der Waals surface area contributed by atoms with Crippen LogP contribution < -0.4 is 5.32 Å². The van der Waals surface area contributed by atoms with Crippen molar-refractivity contribution in [3.8, 4) is 6.07 Å². The first-order chi connectivity index (χ1) is 8.29. The number of nitrogens with one attached hydrogen (secondary N) is 1. The summed E-state index contributed by atoms with van der Waals surface area (Å²) in [5, 5.41) is 11.6. The standard InChI is InChI=1S/C12H15N3O2S/c1-12(2,3)18(16,17)10(8-13)9-15-11-6-4-5-7-14-11/h4-7,9H,1-3H3,(H,14,15)/b10-9+. The van der Waals surface area contributed by atoms with Gasteiger partial charge in [0.05, 0.1) is 4.75 Å². The molecule has 0 unspecified atom stereocenters. The summed E-state index contributed by atoms with van der Waals surface area (Å²) >= 11 is 0. The van der Waals surface area contributed by atoms with Gasteiger partial charge in [-0.05, 0) is 32.9 Å². The summed E-state index contributed by atoms with van der Waals surface area (Å²) in [7, 11) is -3.65. The van der Waals surface area contributed by atoms with Crippen LogP contribution in [0.25, 0.3) is 0 Å². The minimum atomic E-state index is -3.65. The SMILES string of the molecule is CC(C)(C)S(=O)(=O)/C(C#N)=C/Nc1ccccn1. The normalized spacial score (nSPS) is 12.9. The van der Waals surface area contributed by atoms with Gasteiger partial charge in [-0.1, -0.05) is 6.07 Å². The molecule has 0 saturated carbocycles. The lowest BCUT2D eigenvalue weighted by atomic mass is 10.3. The maximum absolute atomic E-state index is 12.1. The fourth-order valence-electron chi connectivity index (χ4n) is 1.09. The fourth-order valence-corrected chi connectivity index (χ4v) is 2.08. The quantitative estimate of drug-likeness (QED) is 0.846. The fraction of sp³-hybridized carbons (Fsp3) is 0.333. The first-order valence-electron chi connectivity index (χ1n) is 5.31. The maximum Gasteiger partial charge on any atom is 0.194 e. The summed E-state index contributed by atoms with van der Waals surface area (Å²) in [6.45, 7) is 4.65. The monoisotopic (exact) mass is 265 g/mol. The van der Waals surface area contributed by atoms with Gasteiger partial charge < -0.3 is 5.32 Å². The molecule has 0 aliphatic carbocycles. The van der Waals surface area contributed by atoms with Gasteiger partial charge in [-0.3, -0.25) is 0 Å². The van der Waals surface area contributed by atoms with Crippen molar-refractivity contribution >= 4 is 15.7 Å². The highest BCUT2D eigenvalue weighted by Crippen LogP contribution is 2.23. The zero-order valence-electron chi connectivity index (χ0n) is 10.5. The minimum absolute atomic E-state index is 0.305. The molecular weight excluding hydrogens is 250 g/mol. The van der Waals surface area contributed by atoms with Gasteiger partial charge in [-0.2, -0.15) is 5.26 Å². The van der Waals surface area contributed by atoms with E-state index in [9.17, 15) is 8.42 Å². The van der Waals surface area contributed by atoms with Gasteiger partial charge in [-0.25, -0.2) is 13.4 Å². The van der Waals surface area contributed by atoms with Crippen molar-refractivity contribution in [2.24, 2.45) is 0 Å². The van der Waals surface area contributed by atoms with Gasteiger partial charge in [0, 0.05) is 12.4 Å². The third-order valence-electron chi connectivity index (χ3n) is 2.22. The highest BCUT2D eigenvalue weighted by Gasteiger charge is 2.33. The highest BCUT2D eigenvalue weighted by molar-refractivity contribution is 7.96. The van der Waals surface area contributed by atoms with Crippen molar-refractivity contribution < 1.29 is 8.42 Å². The van der Waals surface area contributed by atoms with Crippen molar-refractivity contribution in [1.29, 1.82) is 5.26 Å². The van der Waals surface area contributed by atoms with Crippen LogP contribution in [0.15, 0.2) is 35.5 Å². The Labute approximate surface area is 107 Å². The van der Waals surface area contributed by atoms with Crippen molar-refractivity contribution in [2.45, 2.75) is 25.5 Å². The number of nitrogens with zero attached hydrogens (tertiary/aromatic N) is 2. The molecule has 0 aromatic carbocycles. The Bertz CT molecular complexity index is 578. The number of pyridine rings is 1. The van der Waals surface area contributed by atoms with Crippen molar-refractivity contribution in [2.75, 3.05) is 5.32 Å². The van der Waals surface area contributed by atoms with Crippen molar-refractivity contribution in [3.63, 3.8) is 0 Å².